The third kappa shape index (κ3) is 3.49. The summed E-state index contributed by atoms with van der Waals surface area (Å²) >= 11 is 0. The molecule has 0 rings (SSSR count). The van der Waals surface area contributed by atoms with Crippen molar-refractivity contribution in [3.63, 3.8) is 0 Å². The topological polar surface area (TPSA) is 78.2 Å². The van der Waals surface area contributed by atoms with E-state index in [0.717, 1.165) is 0 Å². The van der Waals surface area contributed by atoms with Crippen molar-refractivity contribution < 1.29 is 14.1 Å². The molecular weight excluding hydrogens is 178 g/mol. The average molecular weight is 189 g/mol. The van der Waals surface area contributed by atoms with E-state index in [1.807, 2.05) is 6.07 Å². The average Bonchev–Trinajstić information content (AvgIpc) is 2.00. The Hall–Kier alpha value is -0.890. The zero-order valence-electron chi connectivity index (χ0n) is 6.98. The lowest BCUT2D eigenvalue weighted by atomic mass is 10.3. The highest BCUT2D eigenvalue weighted by Gasteiger charge is 2.19. The lowest BCUT2D eigenvalue weighted by Gasteiger charge is -2.09. The van der Waals surface area contributed by atoms with Crippen LogP contribution in [-0.4, -0.2) is 25.8 Å². The summed E-state index contributed by atoms with van der Waals surface area (Å²) in [7, 11) is -1.37. The number of carbonyl (C=O) groups is 1. The first-order chi connectivity index (χ1) is 5.49. The molecule has 0 aromatic heterocycles. The standard InChI is InChI=1S/C7H11NO3S/c1-5(3-7(9)10)12(11)6(2)4-8/h5-6H,3H2,1-2H3,(H,9,10). The summed E-state index contributed by atoms with van der Waals surface area (Å²) < 4.78 is 11.2. The molecule has 1 N–H and O–H groups in total. The van der Waals surface area contributed by atoms with Gasteiger partial charge < -0.3 is 5.11 Å². The minimum absolute atomic E-state index is 0.154. The zero-order chi connectivity index (χ0) is 9.72. The molecule has 4 nitrogen and oxygen atoms in total. The van der Waals surface area contributed by atoms with Gasteiger partial charge in [0, 0.05) is 16.0 Å². The predicted molar refractivity (Wildman–Crippen MR) is 44.9 cm³/mol. The smallest absolute Gasteiger partial charge is 0.304 e. The third-order valence-electron chi connectivity index (χ3n) is 1.39. The van der Waals surface area contributed by atoms with E-state index >= 15 is 0 Å². The summed E-state index contributed by atoms with van der Waals surface area (Å²) in [5.74, 6) is -0.985. The highest BCUT2D eigenvalue weighted by Crippen LogP contribution is 2.06. The fraction of sp³-hybridized carbons (Fsp3) is 0.714. The number of carboxylic acids is 1. The molecule has 0 radical (unpaired) electrons. The molecule has 0 aliphatic carbocycles. The quantitative estimate of drug-likeness (QED) is 0.699. The molecule has 0 fully saturated rings. The van der Waals surface area contributed by atoms with Gasteiger partial charge in [0.05, 0.1) is 12.5 Å². The summed E-state index contributed by atoms with van der Waals surface area (Å²) in [5.41, 5.74) is 0. The Morgan fingerprint density at radius 2 is 2.17 bits per heavy atom. The van der Waals surface area contributed by atoms with E-state index in [1.165, 1.54) is 6.92 Å². The van der Waals surface area contributed by atoms with Crippen molar-refractivity contribution in [3.8, 4) is 6.07 Å². The van der Waals surface area contributed by atoms with Crippen molar-refractivity contribution >= 4 is 16.8 Å². The number of nitrogens with zero attached hydrogens (tertiary/aromatic N) is 1. The second-order valence-electron chi connectivity index (χ2n) is 2.51. The number of rotatable bonds is 4. The lowest BCUT2D eigenvalue weighted by Crippen LogP contribution is -2.22. The van der Waals surface area contributed by atoms with Gasteiger partial charge in [-0.25, -0.2) is 0 Å². The summed E-state index contributed by atoms with van der Waals surface area (Å²) in [6.07, 6.45) is -0.154. The fourth-order valence-corrected chi connectivity index (χ4v) is 1.84. The number of hydrogen-bond donors (Lipinski definition) is 1. The van der Waals surface area contributed by atoms with Crippen molar-refractivity contribution in [3.05, 3.63) is 0 Å². The van der Waals surface area contributed by atoms with Gasteiger partial charge in [0.25, 0.3) is 0 Å². The van der Waals surface area contributed by atoms with E-state index in [-0.39, 0.29) is 6.42 Å². The van der Waals surface area contributed by atoms with Crippen LogP contribution in [0, 0.1) is 11.3 Å². The van der Waals surface area contributed by atoms with Crippen molar-refractivity contribution in [2.24, 2.45) is 0 Å². The monoisotopic (exact) mass is 189 g/mol. The van der Waals surface area contributed by atoms with Crippen LogP contribution >= 0.6 is 0 Å². The Kier molecular flexibility index (Phi) is 4.52. The second kappa shape index (κ2) is 4.88. The van der Waals surface area contributed by atoms with Crippen LogP contribution in [0.2, 0.25) is 0 Å². The SMILES string of the molecule is CC(C#N)S(=O)C(C)CC(=O)O. The summed E-state index contributed by atoms with van der Waals surface area (Å²) in [6.45, 7) is 3.09. The van der Waals surface area contributed by atoms with Gasteiger partial charge in [0.2, 0.25) is 0 Å². The van der Waals surface area contributed by atoms with Crippen LogP contribution in [-0.2, 0) is 15.6 Å². The minimum atomic E-state index is -1.37. The van der Waals surface area contributed by atoms with E-state index in [9.17, 15) is 9.00 Å². The van der Waals surface area contributed by atoms with Crippen LogP contribution in [0.1, 0.15) is 20.3 Å². The number of carboxylic acid groups (broad SMARTS) is 1. The van der Waals surface area contributed by atoms with Gasteiger partial charge in [-0.3, -0.25) is 9.00 Å². The number of nitriles is 1. The molecule has 0 saturated heterocycles. The highest BCUT2D eigenvalue weighted by atomic mass is 32.2. The molecule has 0 spiro atoms. The van der Waals surface area contributed by atoms with Crippen LogP contribution < -0.4 is 0 Å². The van der Waals surface area contributed by atoms with Crippen molar-refractivity contribution in [1.82, 2.24) is 0 Å². The van der Waals surface area contributed by atoms with E-state index in [0.29, 0.717) is 0 Å². The highest BCUT2D eigenvalue weighted by molar-refractivity contribution is 7.86. The Morgan fingerprint density at radius 3 is 2.50 bits per heavy atom. The first-order valence-electron chi connectivity index (χ1n) is 3.49. The van der Waals surface area contributed by atoms with Crippen molar-refractivity contribution in [2.45, 2.75) is 30.8 Å². The van der Waals surface area contributed by atoms with Gasteiger partial charge in [-0.1, -0.05) is 6.92 Å². The third-order valence-corrected chi connectivity index (χ3v) is 3.15. The molecule has 68 valence electrons. The van der Waals surface area contributed by atoms with Crippen LogP contribution in [0.15, 0.2) is 0 Å². The van der Waals surface area contributed by atoms with Gasteiger partial charge in [0.1, 0.15) is 5.25 Å². The molecule has 0 aromatic carbocycles. The molecule has 0 aliphatic rings. The molecular formula is C7H11NO3S. The molecule has 3 unspecified atom stereocenters. The van der Waals surface area contributed by atoms with E-state index in [1.54, 1.807) is 6.92 Å². The fourth-order valence-electron chi connectivity index (χ4n) is 0.728. The Bertz CT molecular complexity index is 233. The molecule has 0 amide bonds. The Morgan fingerprint density at radius 1 is 1.67 bits per heavy atom. The summed E-state index contributed by atoms with van der Waals surface area (Å²) in [6, 6.07) is 1.83. The zero-order valence-corrected chi connectivity index (χ0v) is 7.80. The first kappa shape index (κ1) is 11.1. The van der Waals surface area contributed by atoms with Crippen molar-refractivity contribution in [2.75, 3.05) is 0 Å². The van der Waals surface area contributed by atoms with Crippen LogP contribution in [0.5, 0.6) is 0 Å². The molecule has 0 bridgehead atoms. The number of hydrogen-bond acceptors (Lipinski definition) is 3. The molecule has 0 aromatic rings. The second-order valence-corrected chi connectivity index (χ2v) is 4.68. The van der Waals surface area contributed by atoms with Crippen LogP contribution in [0.4, 0.5) is 0 Å². The molecule has 0 aliphatic heterocycles. The summed E-state index contributed by atoms with van der Waals surface area (Å²) in [5, 5.41) is 15.7. The molecule has 0 heterocycles. The van der Waals surface area contributed by atoms with Gasteiger partial charge in [0.15, 0.2) is 0 Å². The van der Waals surface area contributed by atoms with Gasteiger partial charge in [-0.2, -0.15) is 5.26 Å². The molecule has 12 heavy (non-hydrogen) atoms. The normalized spacial score (nSPS) is 17.4. The van der Waals surface area contributed by atoms with Crippen LogP contribution in [0.25, 0.3) is 0 Å². The molecule has 3 atom stereocenters. The van der Waals surface area contributed by atoms with Crippen molar-refractivity contribution in [1.29, 1.82) is 5.26 Å². The van der Waals surface area contributed by atoms with E-state index in [2.05, 4.69) is 0 Å². The first-order valence-corrected chi connectivity index (χ1v) is 4.77. The largest absolute Gasteiger partial charge is 0.481 e. The lowest BCUT2D eigenvalue weighted by molar-refractivity contribution is -0.136. The van der Waals surface area contributed by atoms with E-state index in [4.69, 9.17) is 10.4 Å². The maximum atomic E-state index is 11.2. The molecule has 0 saturated carbocycles. The number of aliphatic carboxylic acids is 1. The Labute approximate surface area is 73.7 Å². The summed E-state index contributed by atoms with van der Waals surface area (Å²) in [4.78, 5) is 10.2. The maximum Gasteiger partial charge on any atom is 0.304 e. The van der Waals surface area contributed by atoms with Crippen LogP contribution in [0.3, 0.4) is 0 Å². The Balaban J connectivity index is 4.12. The van der Waals surface area contributed by atoms with Gasteiger partial charge >= 0.3 is 5.97 Å². The predicted octanol–water partition coefficient (Wildman–Crippen LogP) is 0.510. The van der Waals surface area contributed by atoms with Gasteiger partial charge in [-0.05, 0) is 6.92 Å². The molecule has 5 heteroatoms. The van der Waals surface area contributed by atoms with Gasteiger partial charge in [-0.15, -0.1) is 0 Å². The van der Waals surface area contributed by atoms with E-state index < -0.39 is 27.3 Å². The maximum absolute atomic E-state index is 11.2. The minimum Gasteiger partial charge on any atom is -0.481 e.